The summed E-state index contributed by atoms with van der Waals surface area (Å²) in [5.74, 6) is -0.0305. The van der Waals surface area contributed by atoms with Crippen LogP contribution in [0.25, 0.3) is 5.65 Å². The van der Waals surface area contributed by atoms with Crippen LogP contribution in [0.5, 0.6) is 0 Å². The number of β-amino-alcohol motifs (C(OH)–C–C–N with tert-alkyl or cyclic N) is 1. The van der Waals surface area contributed by atoms with Gasteiger partial charge in [-0.15, -0.1) is 0 Å². The molecule has 2 atom stereocenters. The second kappa shape index (κ2) is 10.5. The van der Waals surface area contributed by atoms with Crippen molar-refractivity contribution in [3.8, 4) is 0 Å². The van der Waals surface area contributed by atoms with Crippen molar-refractivity contribution in [1.29, 1.82) is 0 Å². The van der Waals surface area contributed by atoms with E-state index in [2.05, 4.69) is 22.0 Å². The van der Waals surface area contributed by atoms with Crippen LogP contribution in [-0.4, -0.2) is 68.8 Å². The zero-order valence-electron chi connectivity index (χ0n) is 19.5. The number of urea groups is 1. The number of anilines is 2. The highest BCUT2D eigenvalue weighted by Gasteiger charge is 2.32. The topological polar surface area (TPSA) is 86.0 Å². The van der Waals surface area contributed by atoms with Gasteiger partial charge in [0.15, 0.2) is 5.65 Å². The summed E-state index contributed by atoms with van der Waals surface area (Å²) >= 11 is 0. The van der Waals surface area contributed by atoms with Crippen molar-refractivity contribution in [3.63, 3.8) is 0 Å². The molecule has 0 bridgehead atoms. The van der Waals surface area contributed by atoms with Gasteiger partial charge in [-0.3, -0.25) is 0 Å². The van der Waals surface area contributed by atoms with Crippen LogP contribution in [0.1, 0.15) is 32.6 Å². The number of hydrogen-bond acceptors (Lipinski definition) is 5. The number of aromatic nitrogens is 3. The number of nitrogens with one attached hydrogen (secondary N) is 1. The number of alkyl halides is 2. The Labute approximate surface area is 201 Å². The Morgan fingerprint density at radius 1 is 1.29 bits per heavy atom. The number of amides is 2. The highest BCUT2D eigenvalue weighted by Crippen LogP contribution is 2.33. The van der Waals surface area contributed by atoms with Crippen LogP contribution < -0.4 is 10.2 Å². The molecule has 35 heavy (non-hydrogen) atoms. The summed E-state index contributed by atoms with van der Waals surface area (Å²) < 4.78 is 42.1. The molecule has 11 heteroatoms. The van der Waals surface area contributed by atoms with Crippen LogP contribution in [0.2, 0.25) is 0 Å². The summed E-state index contributed by atoms with van der Waals surface area (Å²) in [5.41, 5.74) is 0.733. The van der Waals surface area contributed by atoms with Gasteiger partial charge in [-0.05, 0) is 50.3 Å². The number of carbonyl (C=O) groups is 1. The van der Waals surface area contributed by atoms with Crippen molar-refractivity contribution in [1.82, 2.24) is 19.5 Å². The van der Waals surface area contributed by atoms with Crippen molar-refractivity contribution in [2.45, 2.75) is 51.2 Å². The highest BCUT2D eigenvalue weighted by atomic mass is 19.3. The van der Waals surface area contributed by atoms with E-state index in [-0.39, 0.29) is 23.7 Å². The fraction of sp³-hybridized carbons (Fsp3) is 0.458. The molecule has 4 heterocycles. The van der Waals surface area contributed by atoms with Gasteiger partial charge in [0.05, 0.1) is 24.2 Å². The lowest BCUT2D eigenvalue weighted by Crippen LogP contribution is -2.44. The Hall–Kier alpha value is -3.34. The van der Waals surface area contributed by atoms with Crippen molar-refractivity contribution < 1.29 is 23.1 Å². The van der Waals surface area contributed by atoms with Crippen molar-refractivity contribution in [3.05, 3.63) is 54.2 Å². The van der Waals surface area contributed by atoms with Gasteiger partial charge in [0.1, 0.15) is 11.5 Å². The van der Waals surface area contributed by atoms with E-state index >= 15 is 0 Å². The molecule has 0 spiro atoms. The Kier molecular flexibility index (Phi) is 7.44. The summed E-state index contributed by atoms with van der Waals surface area (Å²) in [7, 11) is 0. The summed E-state index contributed by atoms with van der Waals surface area (Å²) in [6, 6.07) is 0.964. The average molecular weight is 491 g/mol. The number of carbonyl (C=O) groups excluding carboxylic acids is 1. The first-order valence-corrected chi connectivity index (χ1v) is 11.6. The van der Waals surface area contributed by atoms with Gasteiger partial charge in [-0.2, -0.15) is 5.10 Å². The molecular formula is C24H29F3N6O2. The lowest BCUT2D eigenvalue weighted by Gasteiger charge is -2.30. The third-order valence-electron chi connectivity index (χ3n) is 6.33. The minimum absolute atomic E-state index is 0.224. The van der Waals surface area contributed by atoms with E-state index in [0.717, 1.165) is 25.0 Å². The van der Waals surface area contributed by atoms with Crippen LogP contribution in [0.4, 0.5) is 29.5 Å². The third-order valence-corrected chi connectivity index (χ3v) is 6.33. The van der Waals surface area contributed by atoms with E-state index in [1.54, 1.807) is 17.2 Å². The Bertz CT molecular complexity index is 1160. The number of aliphatic hydroxyl groups is 1. The predicted octanol–water partition coefficient (Wildman–Crippen LogP) is 4.31. The van der Waals surface area contributed by atoms with Gasteiger partial charge in [0.2, 0.25) is 0 Å². The fourth-order valence-corrected chi connectivity index (χ4v) is 4.56. The first-order valence-electron chi connectivity index (χ1n) is 11.6. The molecule has 0 aliphatic carbocycles. The zero-order valence-corrected chi connectivity index (χ0v) is 19.5. The number of aliphatic hydroxyl groups excluding tert-OH is 1. The van der Waals surface area contributed by atoms with E-state index in [1.807, 2.05) is 4.90 Å². The Balaban J connectivity index is 1.57. The van der Waals surface area contributed by atoms with Crippen molar-refractivity contribution in [2.24, 2.45) is 0 Å². The van der Waals surface area contributed by atoms with E-state index < -0.39 is 24.4 Å². The lowest BCUT2D eigenvalue weighted by molar-refractivity contribution is 0.0883. The molecule has 8 nitrogen and oxygen atoms in total. The Morgan fingerprint density at radius 2 is 2.06 bits per heavy atom. The van der Waals surface area contributed by atoms with E-state index in [9.17, 15) is 23.1 Å². The number of halogens is 3. The smallest absolute Gasteiger partial charge is 0.322 e. The first kappa shape index (κ1) is 24.8. The van der Waals surface area contributed by atoms with E-state index in [4.69, 9.17) is 0 Å². The summed E-state index contributed by atoms with van der Waals surface area (Å²) in [4.78, 5) is 20.8. The number of likely N-dealkylation sites (tertiary alicyclic amines) is 1. The molecule has 4 rings (SSSR count). The maximum absolute atomic E-state index is 13.7. The maximum atomic E-state index is 13.7. The molecule has 2 aliphatic heterocycles. The summed E-state index contributed by atoms with van der Waals surface area (Å²) in [6.07, 6.45) is 4.70. The van der Waals surface area contributed by atoms with Gasteiger partial charge in [0, 0.05) is 31.4 Å². The second-order valence-electron chi connectivity index (χ2n) is 8.84. The molecule has 2 N–H and O–H groups in total. The number of nitrogens with zero attached hydrogens (tertiary/aromatic N) is 5. The summed E-state index contributed by atoms with van der Waals surface area (Å²) in [6.45, 7) is 6.50. The quantitative estimate of drug-likeness (QED) is 0.590. The molecule has 2 saturated heterocycles. The number of rotatable bonds is 6. The molecule has 0 aromatic carbocycles. The lowest BCUT2D eigenvalue weighted by atomic mass is 9.97. The van der Waals surface area contributed by atoms with Crippen molar-refractivity contribution >= 4 is 23.2 Å². The fourth-order valence-electron chi connectivity index (χ4n) is 4.56. The average Bonchev–Trinajstić information content (AvgIpc) is 3.46. The van der Waals surface area contributed by atoms with Gasteiger partial charge >= 0.3 is 6.03 Å². The minimum atomic E-state index is -2.79. The predicted molar refractivity (Wildman–Crippen MR) is 127 cm³/mol. The van der Waals surface area contributed by atoms with Crippen LogP contribution in [0.15, 0.2) is 54.2 Å². The van der Waals surface area contributed by atoms with Crippen molar-refractivity contribution in [2.75, 3.05) is 29.9 Å². The first-order chi connectivity index (χ1) is 16.7. The molecule has 2 aromatic heterocycles. The van der Waals surface area contributed by atoms with E-state index in [1.165, 1.54) is 17.6 Å². The minimum Gasteiger partial charge on any atom is -0.391 e. The third kappa shape index (κ3) is 5.50. The normalized spacial score (nSPS) is 21.8. The molecule has 0 unspecified atom stereocenters. The SMILES string of the molecule is C=C(/C(=C\C=C(/C)F)C(F)F)[C@H]1CCCN1c1ccn2ncc(NC(=O)N3CCC[C@H](O)C3)c2n1. The van der Waals surface area contributed by atoms with Gasteiger partial charge in [-0.25, -0.2) is 27.5 Å². The number of fused-ring (bicyclic) bond motifs is 1. The van der Waals surface area contributed by atoms with Gasteiger partial charge in [-0.1, -0.05) is 12.7 Å². The van der Waals surface area contributed by atoms with Gasteiger partial charge in [0.25, 0.3) is 6.43 Å². The Morgan fingerprint density at radius 3 is 2.77 bits per heavy atom. The molecular weight excluding hydrogens is 461 g/mol. The highest BCUT2D eigenvalue weighted by molar-refractivity contribution is 5.93. The largest absolute Gasteiger partial charge is 0.391 e. The van der Waals surface area contributed by atoms with Gasteiger partial charge < -0.3 is 20.2 Å². The maximum Gasteiger partial charge on any atom is 0.322 e. The standard InChI is InChI=1S/C24H29F3N6O2/c1-15(25)7-8-18(22(26)27)16(2)20-6-4-11-32(20)21-9-12-33-23(30-21)19(13-28-33)29-24(35)31-10-3-5-17(34)14-31/h7-9,12-13,17,20,22,34H,2-6,10-11,14H2,1H3,(H,29,35)/b15-7+,18-8+/t17-,20+/m0/s1. The second-order valence-corrected chi connectivity index (χ2v) is 8.84. The molecule has 2 aromatic rings. The van der Waals surface area contributed by atoms with Crippen LogP contribution in [-0.2, 0) is 0 Å². The zero-order chi connectivity index (χ0) is 25.1. The molecule has 2 fully saturated rings. The molecule has 2 amide bonds. The molecule has 0 radical (unpaired) electrons. The monoisotopic (exact) mass is 490 g/mol. The molecule has 0 saturated carbocycles. The molecule has 2 aliphatic rings. The number of hydrogen-bond donors (Lipinski definition) is 2. The van der Waals surface area contributed by atoms with Crippen LogP contribution in [0.3, 0.4) is 0 Å². The van der Waals surface area contributed by atoms with E-state index in [0.29, 0.717) is 43.1 Å². The number of allylic oxidation sites excluding steroid dienone is 3. The summed E-state index contributed by atoms with van der Waals surface area (Å²) in [5, 5.41) is 16.9. The van der Waals surface area contributed by atoms with Crippen LogP contribution >= 0.6 is 0 Å². The number of piperidine rings is 1. The molecule has 188 valence electrons. The van der Waals surface area contributed by atoms with Crippen LogP contribution in [0, 0.1) is 0 Å².